The van der Waals surface area contributed by atoms with E-state index >= 15 is 0 Å². The number of carbonyl (C=O) groups is 2. The number of imide groups is 1. The minimum atomic E-state index is -0.506. The van der Waals surface area contributed by atoms with E-state index in [1.807, 2.05) is 12.1 Å². The molecule has 3 aromatic rings. The smallest absolute Gasteiger partial charge is 0.324 e. The highest BCUT2D eigenvalue weighted by molar-refractivity contribution is 9.10. The molecule has 0 spiro atoms. The van der Waals surface area contributed by atoms with Crippen LogP contribution in [-0.2, 0) is 17.6 Å². The molecule has 2 aromatic carbocycles. The Hall–Kier alpha value is -2.74. The zero-order valence-electron chi connectivity index (χ0n) is 16.5. The van der Waals surface area contributed by atoms with E-state index in [4.69, 9.17) is 0 Å². The molecule has 1 aliphatic rings. The molecule has 2 heterocycles. The molecule has 150 valence electrons. The van der Waals surface area contributed by atoms with E-state index in [0.29, 0.717) is 12.3 Å². The first-order chi connectivity index (χ1) is 13.8. The molecule has 0 saturated carbocycles. The highest BCUT2D eigenvalue weighted by Crippen LogP contribution is 2.37. The molecule has 7 nitrogen and oxygen atoms in total. The van der Waals surface area contributed by atoms with E-state index in [1.165, 1.54) is 12.6 Å². The summed E-state index contributed by atoms with van der Waals surface area (Å²) >= 11 is 3.73. The van der Waals surface area contributed by atoms with Crippen molar-refractivity contribution in [1.82, 2.24) is 25.6 Å². The topological polar surface area (TPSA) is 91.0 Å². The number of nitrogens with one attached hydrogen (secondary N) is 2. The average molecular weight is 456 g/mol. The molecule has 1 fully saturated rings. The van der Waals surface area contributed by atoms with Gasteiger partial charge in [-0.15, -0.1) is 5.10 Å². The van der Waals surface area contributed by atoms with Gasteiger partial charge in [-0.05, 0) is 51.0 Å². The van der Waals surface area contributed by atoms with E-state index < -0.39 is 6.04 Å². The number of urea groups is 1. The van der Waals surface area contributed by atoms with E-state index in [9.17, 15) is 9.59 Å². The number of fused-ring (bicyclic) bond motifs is 1. The van der Waals surface area contributed by atoms with Crippen molar-refractivity contribution in [2.24, 2.45) is 5.92 Å². The number of carbonyl (C=O) groups excluding carboxylic acids is 2. The summed E-state index contributed by atoms with van der Waals surface area (Å²) in [7, 11) is 1.49. The van der Waals surface area contributed by atoms with Crippen LogP contribution in [-0.4, -0.2) is 45.3 Å². The minimum absolute atomic E-state index is 0.197. The number of nitrogens with zero attached hydrogens (tertiary/aromatic N) is 3. The number of amides is 3. The number of hydrogen-bond donors (Lipinski definition) is 2. The second kappa shape index (κ2) is 7.59. The van der Waals surface area contributed by atoms with Gasteiger partial charge in [0.05, 0.1) is 9.99 Å². The van der Waals surface area contributed by atoms with Crippen LogP contribution < -0.4 is 5.32 Å². The number of benzene rings is 2. The van der Waals surface area contributed by atoms with Crippen LogP contribution in [0.15, 0.2) is 34.8 Å². The SMILES string of the molecule is CC(C)Cc1cc2[nH]nnc2c(Br)c1-c1ccc(CC2NC(=O)N(C)C2=O)cc1. The van der Waals surface area contributed by atoms with Gasteiger partial charge in [-0.2, -0.15) is 0 Å². The molecular weight excluding hydrogens is 434 g/mol. The number of H-pyrrole nitrogens is 1. The van der Waals surface area contributed by atoms with E-state index in [1.54, 1.807) is 0 Å². The Labute approximate surface area is 177 Å². The van der Waals surface area contributed by atoms with Crippen LogP contribution in [0.3, 0.4) is 0 Å². The van der Waals surface area contributed by atoms with Crippen molar-refractivity contribution in [2.75, 3.05) is 7.05 Å². The Morgan fingerprint density at radius 2 is 1.93 bits per heavy atom. The lowest BCUT2D eigenvalue weighted by atomic mass is 9.92. The van der Waals surface area contributed by atoms with Gasteiger partial charge in [0.1, 0.15) is 11.6 Å². The summed E-state index contributed by atoms with van der Waals surface area (Å²) in [6.45, 7) is 4.39. The van der Waals surface area contributed by atoms with Gasteiger partial charge in [-0.1, -0.05) is 43.3 Å². The normalized spacial score (nSPS) is 16.9. The second-order valence-electron chi connectivity index (χ2n) is 7.83. The molecule has 1 atom stereocenters. The predicted molar refractivity (Wildman–Crippen MR) is 114 cm³/mol. The van der Waals surface area contributed by atoms with Crippen molar-refractivity contribution < 1.29 is 9.59 Å². The van der Waals surface area contributed by atoms with Gasteiger partial charge in [-0.25, -0.2) is 4.79 Å². The van der Waals surface area contributed by atoms with Crippen LogP contribution in [0.2, 0.25) is 0 Å². The summed E-state index contributed by atoms with van der Waals surface area (Å²) in [6.07, 6.45) is 1.40. The van der Waals surface area contributed by atoms with Gasteiger partial charge >= 0.3 is 6.03 Å². The fraction of sp³-hybridized carbons (Fsp3) is 0.333. The lowest BCUT2D eigenvalue weighted by Gasteiger charge is -2.15. The molecule has 1 aliphatic heterocycles. The first-order valence-corrected chi connectivity index (χ1v) is 10.3. The Morgan fingerprint density at radius 1 is 1.21 bits per heavy atom. The number of likely N-dealkylation sites (N-methyl/N-ethyl adjacent to an activating group) is 1. The summed E-state index contributed by atoms with van der Waals surface area (Å²) in [5.74, 6) is 0.305. The lowest BCUT2D eigenvalue weighted by molar-refractivity contribution is -0.126. The average Bonchev–Trinajstić information content (AvgIpc) is 3.24. The van der Waals surface area contributed by atoms with Crippen LogP contribution in [0, 0.1) is 5.92 Å². The van der Waals surface area contributed by atoms with E-state index in [-0.39, 0.29) is 11.9 Å². The van der Waals surface area contributed by atoms with Gasteiger partial charge in [0.15, 0.2) is 0 Å². The summed E-state index contributed by atoms with van der Waals surface area (Å²) < 4.78 is 0.923. The van der Waals surface area contributed by atoms with Crippen LogP contribution in [0.4, 0.5) is 4.79 Å². The first kappa shape index (κ1) is 19.6. The van der Waals surface area contributed by atoms with Crippen molar-refractivity contribution in [3.8, 4) is 11.1 Å². The number of aromatic nitrogens is 3. The van der Waals surface area contributed by atoms with Crippen LogP contribution >= 0.6 is 15.9 Å². The highest BCUT2D eigenvalue weighted by Gasteiger charge is 2.35. The third kappa shape index (κ3) is 3.64. The Kier molecular flexibility index (Phi) is 5.12. The Balaban J connectivity index is 1.67. The molecule has 4 rings (SSSR count). The summed E-state index contributed by atoms with van der Waals surface area (Å²) in [5, 5.41) is 13.8. The van der Waals surface area contributed by atoms with Crippen LogP contribution in [0.1, 0.15) is 25.0 Å². The van der Waals surface area contributed by atoms with Crippen molar-refractivity contribution in [1.29, 1.82) is 0 Å². The van der Waals surface area contributed by atoms with E-state index in [2.05, 4.69) is 68.7 Å². The molecule has 0 bridgehead atoms. The van der Waals surface area contributed by atoms with Gasteiger partial charge in [-0.3, -0.25) is 14.8 Å². The molecule has 8 heteroatoms. The maximum atomic E-state index is 12.1. The molecule has 3 amide bonds. The molecule has 1 saturated heterocycles. The minimum Gasteiger partial charge on any atom is -0.325 e. The van der Waals surface area contributed by atoms with E-state index in [0.717, 1.165) is 43.5 Å². The van der Waals surface area contributed by atoms with Gasteiger partial charge in [0.2, 0.25) is 0 Å². The molecule has 2 N–H and O–H groups in total. The zero-order chi connectivity index (χ0) is 20.7. The largest absolute Gasteiger partial charge is 0.325 e. The second-order valence-corrected chi connectivity index (χ2v) is 8.62. The fourth-order valence-corrected chi connectivity index (χ4v) is 4.52. The van der Waals surface area contributed by atoms with Gasteiger partial charge in [0, 0.05) is 19.0 Å². The maximum Gasteiger partial charge on any atom is 0.324 e. The maximum absolute atomic E-state index is 12.1. The van der Waals surface area contributed by atoms with Gasteiger partial charge in [0.25, 0.3) is 5.91 Å². The summed E-state index contributed by atoms with van der Waals surface area (Å²) in [5.41, 5.74) is 6.10. The Bertz CT molecular complexity index is 1090. The fourth-order valence-electron chi connectivity index (χ4n) is 3.74. The number of halogens is 1. The quantitative estimate of drug-likeness (QED) is 0.574. The lowest BCUT2D eigenvalue weighted by Crippen LogP contribution is -2.31. The van der Waals surface area contributed by atoms with Crippen molar-refractivity contribution >= 4 is 38.9 Å². The monoisotopic (exact) mass is 455 g/mol. The Morgan fingerprint density at radius 3 is 2.55 bits per heavy atom. The highest BCUT2D eigenvalue weighted by atomic mass is 79.9. The van der Waals surface area contributed by atoms with Gasteiger partial charge < -0.3 is 5.32 Å². The van der Waals surface area contributed by atoms with Crippen molar-refractivity contribution in [3.05, 3.63) is 45.9 Å². The molecule has 29 heavy (non-hydrogen) atoms. The third-order valence-electron chi connectivity index (χ3n) is 5.18. The molecule has 1 unspecified atom stereocenters. The van der Waals surface area contributed by atoms with Crippen LogP contribution in [0.25, 0.3) is 22.2 Å². The number of aromatic amines is 1. The first-order valence-electron chi connectivity index (χ1n) is 9.54. The molecule has 1 aromatic heterocycles. The molecule has 0 radical (unpaired) electrons. The number of hydrogen-bond acceptors (Lipinski definition) is 4. The predicted octanol–water partition coefficient (Wildman–Crippen LogP) is 3.68. The summed E-state index contributed by atoms with van der Waals surface area (Å²) in [4.78, 5) is 24.9. The van der Waals surface area contributed by atoms with Crippen molar-refractivity contribution in [3.63, 3.8) is 0 Å². The van der Waals surface area contributed by atoms with Crippen molar-refractivity contribution in [2.45, 2.75) is 32.7 Å². The number of rotatable bonds is 5. The molecular formula is C21H22BrN5O2. The standard InChI is InChI=1S/C21H22BrN5O2/c1-11(2)8-14-10-15-19(25-26-24-15)18(22)17(14)13-6-4-12(5-7-13)9-16-20(28)27(3)21(29)23-16/h4-7,10-11,16H,8-9H2,1-3H3,(H,23,29)(H,24,25,26). The third-order valence-corrected chi connectivity index (χ3v) is 5.96. The zero-order valence-corrected chi connectivity index (χ0v) is 18.1. The summed E-state index contributed by atoms with van der Waals surface area (Å²) in [6, 6.07) is 9.38. The molecule has 0 aliphatic carbocycles. The van der Waals surface area contributed by atoms with Crippen LogP contribution in [0.5, 0.6) is 0 Å².